The van der Waals surface area contributed by atoms with Crippen LogP contribution >= 0.6 is 0 Å². The SMILES string of the molecule is C/C(=C\C(=O)N(C)C(CC(N)=O)c1ccccc1)C1CC1. The molecule has 4 heteroatoms. The Hall–Kier alpha value is -2.10. The number of amides is 2. The molecule has 0 aromatic heterocycles. The van der Waals surface area contributed by atoms with Gasteiger partial charge in [0.15, 0.2) is 0 Å². The number of nitrogens with two attached hydrogens (primary N) is 1. The molecule has 0 bridgehead atoms. The van der Waals surface area contributed by atoms with E-state index in [1.807, 2.05) is 37.3 Å². The van der Waals surface area contributed by atoms with Crippen molar-refractivity contribution in [3.8, 4) is 0 Å². The maximum atomic E-state index is 12.4. The van der Waals surface area contributed by atoms with Gasteiger partial charge in [0.2, 0.25) is 11.8 Å². The number of carbonyl (C=O) groups is 2. The Morgan fingerprint density at radius 1 is 1.33 bits per heavy atom. The van der Waals surface area contributed by atoms with Crippen molar-refractivity contribution < 1.29 is 9.59 Å². The summed E-state index contributed by atoms with van der Waals surface area (Å²) < 4.78 is 0. The average Bonchev–Trinajstić information content (AvgIpc) is 3.29. The lowest BCUT2D eigenvalue weighted by atomic mass is 10.0. The molecule has 1 aliphatic carbocycles. The number of likely N-dealkylation sites (N-methyl/N-ethyl adjacent to an activating group) is 1. The molecule has 0 radical (unpaired) electrons. The van der Waals surface area contributed by atoms with Crippen molar-refractivity contribution in [2.24, 2.45) is 11.7 Å². The highest BCUT2D eigenvalue weighted by Gasteiger charge is 2.26. The summed E-state index contributed by atoms with van der Waals surface area (Å²) in [7, 11) is 1.72. The van der Waals surface area contributed by atoms with Crippen LogP contribution in [0.4, 0.5) is 0 Å². The molecule has 0 spiro atoms. The molecule has 1 saturated carbocycles. The average molecular weight is 286 g/mol. The molecule has 21 heavy (non-hydrogen) atoms. The van der Waals surface area contributed by atoms with Crippen LogP contribution < -0.4 is 5.73 Å². The minimum Gasteiger partial charge on any atom is -0.370 e. The Balaban J connectivity index is 2.17. The van der Waals surface area contributed by atoms with Crippen LogP contribution in [0.5, 0.6) is 0 Å². The monoisotopic (exact) mass is 286 g/mol. The summed E-state index contributed by atoms with van der Waals surface area (Å²) in [5, 5.41) is 0. The fourth-order valence-corrected chi connectivity index (χ4v) is 2.45. The molecule has 2 N–H and O–H groups in total. The van der Waals surface area contributed by atoms with Crippen molar-refractivity contribution in [2.45, 2.75) is 32.2 Å². The molecule has 1 atom stereocenters. The molecule has 4 nitrogen and oxygen atoms in total. The third kappa shape index (κ3) is 4.18. The topological polar surface area (TPSA) is 63.4 Å². The largest absolute Gasteiger partial charge is 0.370 e. The van der Waals surface area contributed by atoms with Gasteiger partial charge < -0.3 is 10.6 Å². The molecule has 2 rings (SSSR count). The Bertz CT molecular complexity index is 547. The number of allylic oxidation sites excluding steroid dienone is 1. The van der Waals surface area contributed by atoms with Gasteiger partial charge in [-0.25, -0.2) is 0 Å². The zero-order valence-electron chi connectivity index (χ0n) is 12.6. The predicted molar refractivity (Wildman–Crippen MR) is 82.2 cm³/mol. The fourth-order valence-electron chi connectivity index (χ4n) is 2.45. The molecule has 0 aliphatic heterocycles. The summed E-state index contributed by atoms with van der Waals surface area (Å²) in [6, 6.07) is 9.20. The van der Waals surface area contributed by atoms with Gasteiger partial charge >= 0.3 is 0 Å². The molecule has 2 amide bonds. The van der Waals surface area contributed by atoms with Gasteiger partial charge in [-0.05, 0) is 31.2 Å². The number of primary amides is 1. The van der Waals surface area contributed by atoms with Crippen molar-refractivity contribution in [2.75, 3.05) is 7.05 Å². The third-order valence-electron chi connectivity index (χ3n) is 3.97. The smallest absolute Gasteiger partial charge is 0.246 e. The molecule has 1 fully saturated rings. The van der Waals surface area contributed by atoms with E-state index in [0.29, 0.717) is 5.92 Å². The zero-order valence-corrected chi connectivity index (χ0v) is 12.6. The molecule has 1 aromatic carbocycles. The Labute approximate surface area is 125 Å². The van der Waals surface area contributed by atoms with E-state index in [1.165, 1.54) is 12.8 Å². The summed E-state index contributed by atoms with van der Waals surface area (Å²) in [5.41, 5.74) is 7.38. The van der Waals surface area contributed by atoms with E-state index in [9.17, 15) is 9.59 Å². The number of benzene rings is 1. The van der Waals surface area contributed by atoms with Gasteiger partial charge in [-0.1, -0.05) is 35.9 Å². The number of hydrogen-bond acceptors (Lipinski definition) is 2. The van der Waals surface area contributed by atoms with Crippen molar-refractivity contribution in [3.05, 3.63) is 47.5 Å². The summed E-state index contributed by atoms with van der Waals surface area (Å²) in [5.74, 6) is 0.0783. The van der Waals surface area contributed by atoms with Crippen LogP contribution in [-0.2, 0) is 9.59 Å². The van der Waals surface area contributed by atoms with Crippen LogP contribution in [0.3, 0.4) is 0 Å². The zero-order chi connectivity index (χ0) is 15.4. The summed E-state index contributed by atoms with van der Waals surface area (Å²) in [6.45, 7) is 2.00. The van der Waals surface area contributed by atoms with Gasteiger partial charge in [0, 0.05) is 13.1 Å². The highest BCUT2D eigenvalue weighted by molar-refractivity contribution is 5.89. The Morgan fingerprint density at radius 2 is 1.95 bits per heavy atom. The predicted octanol–water partition coefficient (Wildman–Crippen LogP) is 2.42. The van der Waals surface area contributed by atoms with E-state index in [1.54, 1.807) is 18.0 Å². The van der Waals surface area contributed by atoms with E-state index in [-0.39, 0.29) is 18.4 Å². The molecule has 0 saturated heterocycles. The van der Waals surface area contributed by atoms with Crippen molar-refractivity contribution >= 4 is 11.8 Å². The van der Waals surface area contributed by atoms with Crippen LogP contribution in [-0.4, -0.2) is 23.8 Å². The quantitative estimate of drug-likeness (QED) is 0.816. The second-order valence-electron chi connectivity index (χ2n) is 5.71. The van der Waals surface area contributed by atoms with E-state index >= 15 is 0 Å². The van der Waals surface area contributed by atoms with Gasteiger partial charge in [0.05, 0.1) is 12.5 Å². The highest BCUT2D eigenvalue weighted by Crippen LogP contribution is 2.36. The number of hydrogen-bond donors (Lipinski definition) is 1. The Kier molecular flexibility index (Phi) is 4.78. The first-order valence-corrected chi connectivity index (χ1v) is 7.27. The third-order valence-corrected chi connectivity index (χ3v) is 3.97. The number of nitrogens with zero attached hydrogens (tertiary/aromatic N) is 1. The lowest BCUT2D eigenvalue weighted by Crippen LogP contribution is -2.33. The first-order chi connectivity index (χ1) is 9.99. The summed E-state index contributed by atoms with van der Waals surface area (Å²) in [4.78, 5) is 25.3. The standard InChI is InChI=1S/C17H22N2O2/c1-12(13-8-9-13)10-17(21)19(2)15(11-16(18)20)14-6-4-3-5-7-14/h3-7,10,13,15H,8-9,11H2,1-2H3,(H2,18,20)/b12-10+. The minimum absolute atomic E-state index is 0.0745. The van der Waals surface area contributed by atoms with E-state index in [2.05, 4.69) is 0 Å². The van der Waals surface area contributed by atoms with Crippen LogP contribution in [0.15, 0.2) is 42.0 Å². The van der Waals surface area contributed by atoms with Crippen LogP contribution in [0, 0.1) is 5.92 Å². The second kappa shape index (κ2) is 6.57. The molecule has 112 valence electrons. The fraction of sp³-hybridized carbons (Fsp3) is 0.412. The van der Waals surface area contributed by atoms with Crippen molar-refractivity contribution in [3.63, 3.8) is 0 Å². The van der Waals surface area contributed by atoms with E-state index in [0.717, 1.165) is 11.1 Å². The molecule has 1 aliphatic rings. The van der Waals surface area contributed by atoms with Crippen molar-refractivity contribution in [1.29, 1.82) is 0 Å². The molecular weight excluding hydrogens is 264 g/mol. The maximum absolute atomic E-state index is 12.4. The van der Waals surface area contributed by atoms with Gasteiger partial charge in [0.1, 0.15) is 0 Å². The lowest BCUT2D eigenvalue weighted by molar-refractivity contribution is -0.128. The molecule has 0 heterocycles. The molecule has 1 aromatic rings. The van der Waals surface area contributed by atoms with E-state index < -0.39 is 5.91 Å². The normalized spacial score (nSPS) is 16.4. The van der Waals surface area contributed by atoms with Crippen LogP contribution in [0.25, 0.3) is 0 Å². The van der Waals surface area contributed by atoms with Crippen LogP contribution in [0.1, 0.15) is 37.8 Å². The first-order valence-electron chi connectivity index (χ1n) is 7.27. The Morgan fingerprint density at radius 3 is 2.48 bits per heavy atom. The minimum atomic E-state index is -0.411. The summed E-state index contributed by atoms with van der Waals surface area (Å²) in [6.07, 6.45) is 4.16. The van der Waals surface area contributed by atoms with Gasteiger partial charge in [-0.3, -0.25) is 9.59 Å². The second-order valence-corrected chi connectivity index (χ2v) is 5.71. The van der Waals surface area contributed by atoms with E-state index in [4.69, 9.17) is 5.73 Å². The lowest BCUT2D eigenvalue weighted by Gasteiger charge is -2.27. The molecule has 1 unspecified atom stereocenters. The number of carbonyl (C=O) groups excluding carboxylic acids is 2. The summed E-state index contributed by atoms with van der Waals surface area (Å²) >= 11 is 0. The van der Waals surface area contributed by atoms with Crippen LogP contribution in [0.2, 0.25) is 0 Å². The van der Waals surface area contributed by atoms with Gasteiger partial charge in [-0.2, -0.15) is 0 Å². The molecular formula is C17H22N2O2. The highest BCUT2D eigenvalue weighted by atomic mass is 16.2. The number of rotatable bonds is 6. The maximum Gasteiger partial charge on any atom is 0.246 e. The van der Waals surface area contributed by atoms with Gasteiger partial charge in [0.25, 0.3) is 0 Å². The first kappa shape index (κ1) is 15.3. The van der Waals surface area contributed by atoms with Gasteiger partial charge in [-0.15, -0.1) is 0 Å². The van der Waals surface area contributed by atoms with Crippen molar-refractivity contribution in [1.82, 2.24) is 4.90 Å².